The minimum atomic E-state index is 0.00233. The second-order valence-electron chi connectivity index (χ2n) is 5.50. The summed E-state index contributed by atoms with van der Waals surface area (Å²) >= 11 is 1.71. The van der Waals surface area contributed by atoms with Gasteiger partial charge in [0, 0.05) is 29.6 Å². The van der Waals surface area contributed by atoms with Crippen LogP contribution in [0.4, 0.5) is 0 Å². The summed E-state index contributed by atoms with van der Waals surface area (Å²) < 4.78 is 1.70. The number of benzene rings is 2. The number of hydrogen-bond donors (Lipinski definition) is 1. The van der Waals surface area contributed by atoms with Crippen LogP contribution in [-0.2, 0) is 24.8 Å². The van der Waals surface area contributed by atoms with Gasteiger partial charge in [0.1, 0.15) is 0 Å². The largest absolute Gasteiger partial charge is 0.352 e. The molecule has 0 saturated carbocycles. The van der Waals surface area contributed by atoms with Crippen LogP contribution in [0.2, 0.25) is 0 Å². The molecule has 3 aromatic rings. The third kappa shape index (κ3) is 4.49. The standard InChI is InChI=1S/C19H19N3OS/c1-22-14-15(12-21-22)11-19(23)20-13-16-7-5-6-10-18(16)24-17-8-3-2-4-9-17/h2-10,12,14H,11,13H2,1H3,(H,20,23). The van der Waals surface area contributed by atoms with E-state index in [1.54, 1.807) is 22.6 Å². The zero-order valence-corrected chi connectivity index (χ0v) is 14.3. The van der Waals surface area contributed by atoms with Gasteiger partial charge < -0.3 is 5.32 Å². The second kappa shape index (κ2) is 7.84. The molecule has 4 nitrogen and oxygen atoms in total. The minimum absolute atomic E-state index is 0.00233. The Morgan fingerprint density at radius 1 is 1.12 bits per heavy atom. The fraction of sp³-hybridized carbons (Fsp3) is 0.158. The Morgan fingerprint density at radius 2 is 1.88 bits per heavy atom. The van der Waals surface area contributed by atoms with Gasteiger partial charge in [-0.1, -0.05) is 48.2 Å². The lowest BCUT2D eigenvalue weighted by atomic mass is 10.2. The van der Waals surface area contributed by atoms with Crippen molar-refractivity contribution >= 4 is 17.7 Å². The van der Waals surface area contributed by atoms with Gasteiger partial charge in [-0.3, -0.25) is 9.48 Å². The van der Waals surface area contributed by atoms with Crippen molar-refractivity contribution in [3.8, 4) is 0 Å². The van der Waals surface area contributed by atoms with Crippen molar-refractivity contribution in [2.24, 2.45) is 7.05 Å². The second-order valence-corrected chi connectivity index (χ2v) is 6.61. The van der Waals surface area contributed by atoms with Gasteiger partial charge in [-0.25, -0.2) is 0 Å². The van der Waals surface area contributed by atoms with Crippen LogP contribution < -0.4 is 5.32 Å². The minimum Gasteiger partial charge on any atom is -0.352 e. The van der Waals surface area contributed by atoms with Gasteiger partial charge in [0.25, 0.3) is 0 Å². The summed E-state index contributed by atoms with van der Waals surface area (Å²) in [5, 5.41) is 7.08. The number of carbonyl (C=O) groups excluding carboxylic acids is 1. The third-order valence-electron chi connectivity index (χ3n) is 3.54. The molecule has 24 heavy (non-hydrogen) atoms. The van der Waals surface area contributed by atoms with E-state index in [1.807, 2.05) is 43.6 Å². The molecule has 0 spiro atoms. The van der Waals surface area contributed by atoms with Crippen LogP contribution in [0.3, 0.4) is 0 Å². The number of carbonyl (C=O) groups is 1. The van der Waals surface area contributed by atoms with Crippen LogP contribution in [0.5, 0.6) is 0 Å². The summed E-state index contributed by atoms with van der Waals surface area (Å²) in [7, 11) is 1.85. The summed E-state index contributed by atoms with van der Waals surface area (Å²) in [6, 6.07) is 18.4. The van der Waals surface area contributed by atoms with Crippen LogP contribution >= 0.6 is 11.8 Å². The lowest BCUT2D eigenvalue weighted by Gasteiger charge is -2.10. The number of amides is 1. The van der Waals surface area contributed by atoms with Crippen LogP contribution in [0.1, 0.15) is 11.1 Å². The Kier molecular flexibility index (Phi) is 5.33. The molecule has 0 radical (unpaired) electrons. The molecule has 0 aliphatic carbocycles. The molecule has 0 aliphatic heterocycles. The van der Waals surface area contributed by atoms with Gasteiger partial charge in [-0.15, -0.1) is 0 Å². The van der Waals surface area contributed by atoms with E-state index in [1.165, 1.54) is 4.90 Å². The zero-order chi connectivity index (χ0) is 16.8. The number of nitrogens with one attached hydrogen (secondary N) is 1. The van der Waals surface area contributed by atoms with Crippen LogP contribution in [0.15, 0.2) is 76.8 Å². The maximum absolute atomic E-state index is 12.1. The molecule has 0 saturated heterocycles. The van der Waals surface area contributed by atoms with E-state index in [0.29, 0.717) is 13.0 Å². The van der Waals surface area contributed by atoms with Crippen LogP contribution in [-0.4, -0.2) is 15.7 Å². The lowest BCUT2D eigenvalue weighted by Crippen LogP contribution is -2.24. The highest BCUT2D eigenvalue weighted by atomic mass is 32.2. The Hall–Kier alpha value is -2.53. The Bertz CT molecular complexity index is 814. The summed E-state index contributed by atoms with van der Waals surface area (Å²) in [4.78, 5) is 14.5. The molecule has 1 heterocycles. The molecule has 5 heteroatoms. The van der Waals surface area contributed by atoms with Gasteiger partial charge in [-0.2, -0.15) is 5.10 Å². The molecule has 0 fully saturated rings. The fourth-order valence-corrected chi connectivity index (χ4v) is 3.33. The first-order valence-electron chi connectivity index (χ1n) is 7.76. The van der Waals surface area contributed by atoms with E-state index in [4.69, 9.17) is 0 Å². The predicted molar refractivity (Wildman–Crippen MR) is 95.8 cm³/mol. The molecule has 3 rings (SSSR count). The van der Waals surface area contributed by atoms with Crippen LogP contribution in [0, 0.1) is 0 Å². The zero-order valence-electron chi connectivity index (χ0n) is 13.5. The van der Waals surface area contributed by atoms with Crippen molar-refractivity contribution in [2.45, 2.75) is 22.8 Å². The highest BCUT2D eigenvalue weighted by Gasteiger charge is 2.08. The van der Waals surface area contributed by atoms with Gasteiger partial charge in [0.05, 0.1) is 12.6 Å². The normalized spacial score (nSPS) is 10.5. The van der Waals surface area contributed by atoms with Crippen molar-refractivity contribution in [1.82, 2.24) is 15.1 Å². The third-order valence-corrected chi connectivity index (χ3v) is 4.67. The van der Waals surface area contributed by atoms with E-state index in [9.17, 15) is 4.79 Å². The lowest BCUT2D eigenvalue weighted by molar-refractivity contribution is -0.120. The van der Waals surface area contributed by atoms with Gasteiger partial charge in [0.2, 0.25) is 5.91 Å². The van der Waals surface area contributed by atoms with Gasteiger partial charge in [0.15, 0.2) is 0 Å². The van der Waals surface area contributed by atoms with E-state index in [0.717, 1.165) is 16.0 Å². The molecule has 1 N–H and O–H groups in total. The Balaban J connectivity index is 1.61. The molecule has 0 aliphatic rings. The summed E-state index contributed by atoms with van der Waals surface area (Å²) in [5.41, 5.74) is 2.04. The monoisotopic (exact) mass is 337 g/mol. The molecule has 1 amide bonds. The number of nitrogens with zero attached hydrogens (tertiary/aromatic N) is 2. The molecule has 0 atom stereocenters. The SMILES string of the molecule is Cn1cc(CC(=O)NCc2ccccc2Sc2ccccc2)cn1. The Labute approximate surface area is 145 Å². The highest BCUT2D eigenvalue weighted by molar-refractivity contribution is 7.99. The van der Waals surface area contributed by atoms with Crippen molar-refractivity contribution in [2.75, 3.05) is 0 Å². The Morgan fingerprint density at radius 3 is 2.62 bits per heavy atom. The van der Waals surface area contributed by atoms with Crippen molar-refractivity contribution in [3.63, 3.8) is 0 Å². The molecular formula is C19H19N3OS. The van der Waals surface area contributed by atoms with E-state index >= 15 is 0 Å². The van der Waals surface area contributed by atoms with Crippen molar-refractivity contribution < 1.29 is 4.79 Å². The molecule has 122 valence electrons. The number of aromatic nitrogens is 2. The van der Waals surface area contributed by atoms with E-state index in [2.05, 4.69) is 34.7 Å². The predicted octanol–water partition coefficient (Wildman–Crippen LogP) is 3.43. The van der Waals surface area contributed by atoms with Gasteiger partial charge in [-0.05, 0) is 29.3 Å². The van der Waals surface area contributed by atoms with Crippen LogP contribution in [0.25, 0.3) is 0 Å². The van der Waals surface area contributed by atoms with E-state index < -0.39 is 0 Å². The van der Waals surface area contributed by atoms with Gasteiger partial charge >= 0.3 is 0 Å². The molecule has 2 aromatic carbocycles. The molecule has 0 unspecified atom stereocenters. The molecular weight excluding hydrogens is 318 g/mol. The van der Waals surface area contributed by atoms with Crippen molar-refractivity contribution in [3.05, 3.63) is 78.1 Å². The summed E-state index contributed by atoms with van der Waals surface area (Å²) in [6.45, 7) is 0.523. The maximum Gasteiger partial charge on any atom is 0.224 e. The average molecular weight is 337 g/mol. The maximum atomic E-state index is 12.1. The highest BCUT2D eigenvalue weighted by Crippen LogP contribution is 2.30. The fourth-order valence-electron chi connectivity index (χ4n) is 2.37. The molecule has 1 aromatic heterocycles. The van der Waals surface area contributed by atoms with Crippen molar-refractivity contribution in [1.29, 1.82) is 0 Å². The number of aryl methyl sites for hydroxylation is 1. The van der Waals surface area contributed by atoms with E-state index in [-0.39, 0.29) is 5.91 Å². The first kappa shape index (κ1) is 16.3. The summed E-state index contributed by atoms with van der Waals surface area (Å²) in [5.74, 6) is 0.00233. The average Bonchev–Trinajstić information content (AvgIpc) is 3.00. The topological polar surface area (TPSA) is 46.9 Å². The smallest absolute Gasteiger partial charge is 0.224 e. The number of hydrogen-bond acceptors (Lipinski definition) is 3. The number of rotatable bonds is 6. The quantitative estimate of drug-likeness (QED) is 0.749. The first-order valence-corrected chi connectivity index (χ1v) is 8.57. The first-order chi connectivity index (χ1) is 11.7. The molecule has 0 bridgehead atoms. The summed E-state index contributed by atoms with van der Waals surface area (Å²) in [6.07, 6.45) is 3.93.